The normalized spacial score (nSPS) is 11.5. The first-order valence-corrected chi connectivity index (χ1v) is 15.0. The first-order chi connectivity index (χ1) is 20.1. The van der Waals surface area contributed by atoms with E-state index in [2.05, 4.69) is 31.8 Å². The van der Waals surface area contributed by atoms with Crippen LogP contribution >= 0.6 is 15.9 Å². The Morgan fingerprint density at radius 2 is 1.60 bits per heavy atom. The average Bonchev–Trinajstić information content (AvgIpc) is 2.99. The average molecular weight is 650 g/mol. The molecule has 2 N–H and O–H groups in total. The summed E-state index contributed by atoms with van der Waals surface area (Å²) in [6.07, 6.45) is 0. The fourth-order valence-electron chi connectivity index (χ4n) is 3.95. The molecule has 42 heavy (non-hydrogen) atoms. The molecule has 0 atom stereocenters. The molecule has 11 heteroatoms. The van der Waals surface area contributed by atoms with Crippen LogP contribution in [0.1, 0.15) is 28.4 Å². The molecule has 0 spiro atoms. The number of hydrazone groups is 1. The first kappa shape index (κ1) is 30.5. The Hall–Kier alpha value is -4.48. The summed E-state index contributed by atoms with van der Waals surface area (Å²) in [6.45, 7) is 3.07. The number of methoxy groups -OCH3 is 1. The van der Waals surface area contributed by atoms with Crippen molar-refractivity contribution in [3.8, 4) is 5.75 Å². The van der Waals surface area contributed by atoms with E-state index in [0.717, 1.165) is 9.87 Å². The number of carbonyl (C=O) groups excluding carboxylic acids is 2. The molecule has 0 saturated carbocycles. The number of amides is 2. The van der Waals surface area contributed by atoms with E-state index < -0.39 is 22.5 Å². The Morgan fingerprint density at radius 3 is 2.26 bits per heavy atom. The van der Waals surface area contributed by atoms with E-state index in [4.69, 9.17) is 4.74 Å². The van der Waals surface area contributed by atoms with E-state index >= 15 is 0 Å². The van der Waals surface area contributed by atoms with E-state index in [0.29, 0.717) is 38.4 Å². The maximum Gasteiger partial charge on any atom is 0.264 e. The van der Waals surface area contributed by atoms with Crippen molar-refractivity contribution in [1.82, 2.24) is 5.43 Å². The number of nitrogens with one attached hydrogen (secondary N) is 2. The van der Waals surface area contributed by atoms with Crippen LogP contribution in [0, 0.1) is 6.92 Å². The fraction of sp³-hybridized carbons (Fsp3) is 0.129. The Kier molecular flexibility index (Phi) is 9.76. The van der Waals surface area contributed by atoms with Crippen LogP contribution in [0.5, 0.6) is 5.75 Å². The molecule has 0 aliphatic rings. The standard InChI is InChI=1S/C31H29BrN4O5S/c1-21-12-14-26(15-13-21)36(42(39,40)27-16-17-29(41-3)28(32)19-27)20-30(37)35-34-22(2)24-10-7-11-25(18-24)33-31(38)23-8-5-4-6-9-23/h4-19H,20H2,1-3H3,(H,33,38)(H,35,37)/b34-22-. The van der Waals surface area contributed by atoms with Gasteiger partial charge in [0.25, 0.3) is 21.8 Å². The molecule has 0 heterocycles. The number of rotatable bonds is 10. The smallest absolute Gasteiger partial charge is 0.264 e. The van der Waals surface area contributed by atoms with Crippen molar-refractivity contribution in [1.29, 1.82) is 0 Å². The minimum Gasteiger partial charge on any atom is -0.496 e. The van der Waals surface area contributed by atoms with Gasteiger partial charge in [-0.2, -0.15) is 5.10 Å². The predicted molar refractivity (Wildman–Crippen MR) is 168 cm³/mol. The molecule has 4 rings (SSSR count). The van der Waals surface area contributed by atoms with Gasteiger partial charge >= 0.3 is 0 Å². The van der Waals surface area contributed by atoms with Gasteiger partial charge in [0, 0.05) is 11.3 Å². The Bertz CT molecular complexity index is 1730. The molecule has 4 aromatic rings. The molecule has 9 nitrogen and oxygen atoms in total. The highest BCUT2D eigenvalue weighted by molar-refractivity contribution is 9.10. The quantitative estimate of drug-likeness (QED) is 0.168. The molecule has 2 amide bonds. The van der Waals surface area contributed by atoms with Crippen molar-refractivity contribution in [3.05, 3.63) is 118 Å². The number of nitrogens with zero attached hydrogens (tertiary/aromatic N) is 2. The number of carbonyl (C=O) groups is 2. The van der Waals surface area contributed by atoms with Gasteiger partial charge in [0.2, 0.25) is 0 Å². The van der Waals surface area contributed by atoms with Crippen LogP contribution in [0.3, 0.4) is 0 Å². The highest BCUT2D eigenvalue weighted by atomic mass is 79.9. The van der Waals surface area contributed by atoms with Crippen LogP contribution in [0.15, 0.2) is 112 Å². The molecule has 4 aromatic carbocycles. The van der Waals surface area contributed by atoms with E-state index in [1.165, 1.54) is 25.3 Å². The summed E-state index contributed by atoms with van der Waals surface area (Å²) in [6, 6.07) is 27.1. The SMILES string of the molecule is COc1ccc(S(=O)(=O)N(CC(=O)N/N=C(/C)c2cccc(NC(=O)c3ccccc3)c2)c2ccc(C)cc2)cc1Br. The lowest BCUT2D eigenvalue weighted by atomic mass is 10.1. The summed E-state index contributed by atoms with van der Waals surface area (Å²) in [4.78, 5) is 25.5. The van der Waals surface area contributed by atoms with Gasteiger partial charge in [0.15, 0.2) is 0 Å². The zero-order chi connectivity index (χ0) is 30.3. The number of hydrogen-bond donors (Lipinski definition) is 2. The number of halogens is 1. The molecule has 0 unspecified atom stereocenters. The van der Waals surface area contributed by atoms with Gasteiger partial charge in [-0.3, -0.25) is 13.9 Å². The molecule has 0 aliphatic heterocycles. The number of ether oxygens (including phenoxy) is 1. The molecule has 0 fully saturated rings. The Labute approximate surface area is 253 Å². The number of benzene rings is 4. The monoisotopic (exact) mass is 648 g/mol. The van der Waals surface area contributed by atoms with Crippen molar-refractivity contribution in [2.45, 2.75) is 18.7 Å². The highest BCUT2D eigenvalue weighted by Gasteiger charge is 2.28. The first-order valence-electron chi connectivity index (χ1n) is 12.8. The molecule has 0 radical (unpaired) electrons. The number of anilines is 2. The summed E-state index contributed by atoms with van der Waals surface area (Å²) in [5, 5.41) is 7.03. The van der Waals surface area contributed by atoms with Crippen LogP contribution < -0.4 is 19.8 Å². The minimum atomic E-state index is -4.14. The summed E-state index contributed by atoms with van der Waals surface area (Å²) in [5.41, 5.74) is 5.93. The number of aryl methyl sites for hydroxylation is 1. The molecule has 0 aliphatic carbocycles. The van der Waals surface area contributed by atoms with Crippen molar-refractivity contribution < 1.29 is 22.7 Å². The third-order valence-corrected chi connectivity index (χ3v) is 8.63. The Balaban J connectivity index is 1.52. The zero-order valence-electron chi connectivity index (χ0n) is 23.2. The van der Waals surface area contributed by atoms with Gasteiger partial charge < -0.3 is 10.1 Å². The summed E-state index contributed by atoms with van der Waals surface area (Å²) in [7, 11) is -2.66. The van der Waals surface area contributed by atoms with E-state index in [1.807, 2.05) is 13.0 Å². The lowest BCUT2D eigenvalue weighted by molar-refractivity contribution is -0.119. The van der Waals surface area contributed by atoms with Crippen molar-refractivity contribution in [2.24, 2.45) is 5.10 Å². The largest absolute Gasteiger partial charge is 0.496 e. The third-order valence-electron chi connectivity index (χ3n) is 6.24. The second-order valence-electron chi connectivity index (χ2n) is 9.28. The molecular formula is C31H29BrN4O5S. The molecule has 0 aromatic heterocycles. The topological polar surface area (TPSA) is 117 Å². The maximum atomic E-state index is 13.7. The van der Waals surface area contributed by atoms with E-state index in [-0.39, 0.29) is 10.8 Å². The van der Waals surface area contributed by atoms with E-state index in [1.54, 1.807) is 79.7 Å². The molecule has 216 valence electrons. The Morgan fingerprint density at radius 1 is 0.905 bits per heavy atom. The number of hydrogen-bond acceptors (Lipinski definition) is 6. The minimum absolute atomic E-state index is 0.0161. The summed E-state index contributed by atoms with van der Waals surface area (Å²) >= 11 is 3.33. The molecule has 0 bridgehead atoms. The van der Waals surface area contributed by atoms with Crippen LogP contribution in [0.4, 0.5) is 11.4 Å². The van der Waals surface area contributed by atoms with Crippen molar-refractivity contribution >= 4 is 54.9 Å². The van der Waals surface area contributed by atoms with E-state index in [9.17, 15) is 18.0 Å². The van der Waals surface area contributed by atoms with Gasteiger partial charge in [-0.05, 0) is 89.9 Å². The van der Waals surface area contributed by atoms with Crippen LogP contribution in [0.25, 0.3) is 0 Å². The van der Waals surface area contributed by atoms with Gasteiger partial charge in [0.1, 0.15) is 12.3 Å². The highest BCUT2D eigenvalue weighted by Crippen LogP contribution is 2.30. The second-order valence-corrected chi connectivity index (χ2v) is 12.0. The lowest BCUT2D eigenvalue weighted by Gasteiger charge is -2.24. The maximum absolute atomic E-state index is 13.7. The van der Waals surface area contributed by atoms with Gasteiger partial charge in [-0.15, -0.1) is 0 Å². The summed E-state index contributed by atoms with van der Waals surface area (Å²) in [5.74, 6) is -0.418. The van der Waals surface area contributed by atoms with Gasteiger partial charge in [-0.1, -0.05) is 48.0 Å². The summed E-state index contributed by atoms with van der Waals surface area (Å²) < 4.78 is 34.1. The van der Waals surface area contributed by atoms with Crippen LogP contribution in [0.2, 0.25) is 0 Å². The fourth-order valence-corrected chi connectivity index (χ4v) is 6.09. The third kappa shape index (κ3) is 7.42. The van der Waals surface area contributed by atoms with Crippen LogP contribution in [-0.2, 0) is 14.8 Å². The predicted octanol–water partition coefficient (Wildman–Crippen LogP) is 5.75. The molecular weight excluding hydrogens is 620 g/mol. The molecule has 0 saturated heterocycles. The zero-order valence-corrected chi connectivity index (χ0v) is 25.6. The van der Waals surface area contributed by atoms with Gasteiger partial charge in [0.05, 0.1) is 27.9 Å². The van der Waals surface area contributed by atoms with Crippen molar-refractivity contribution in [2.75, 3.05) is 23.3 Å². The van der Waals surface area contributed by atoms with Crippen LogP contribution in [-0.4, -0.2) is 39.6 Å². The lowest BCUT2D eigenvalue weighted by Crippen LogP contribution is -2.39. The van der Waals surface area contributed by atoms with Crippen molar-refractivity contribution in [3.63, 3.8) is 0 Å². The van der Waals surface area contributed by atoms with Gasteiger partial charge in [-0.25, -0.2) is 13.8 Å². The second kappa shape index (κ2) is 13.5. The number of sulfonamides is 1.